The third-order valence-corrected chi connectivity index (χ3v) is 2.99. The van der Waals surface area contributed by atoms with Gasteiger partial charge in [-0.2, -0.15) is 0 Å². The summed E-state index contributed by atoms with van der Waals surface area (Å²) in [6.45, 7) is 4.07. The lowest BCUT2D eigenvalue weighted by Gasteiger charge is -2.10. The highest BCUT2D eigenvalue weighted by Crippen LogP contribution is 2.27. The Morgan fingerprint density at radius 1 is 1.06 bits per heavy atom. The van der Waals surface area contributed by atoms with Gasteiger partial charge in [-0.05, 0) is 24.0 Å². The summed E-state index contributed by atoms with van der Waals surface area (Å²) in [5, 5.41) is 0. The van der Waals surface area contributed by atoms with E-state index < -0.39 is 5.41 Å². The van der Waals surface area contributed by atoms with E-state index in [-0.39, 0.29) is 0 Å². The van der Waals surface area contributed by atoms with Crippen molar-refractivity contribution >= 4 is 6.29 Å². The van der Waals surface area contributed by atoms with Gasteiger partial charge in [0.25, 0.3) is 0 Å². The fourth-order valence-corrected chi connectivity index (χ4v) is 1.74. The van der Waals surface area contributed by atoms with Gasteiger partial charge in [0.15, 0.2) is 0 Å². The van der Waals surface area contributed by atoms with E-state index in [0.717, 1.165) is 6.29 Å². The molecule has 0 aromatic rings. The van der Waals surface area contributed by atoms with E-state index in [9.17, 15) is 4.79 Å². The van der Waals surface area contributed by atoms with Crippen molar-refractivity contribution in [2.75, 3.05) is 0 Å². The lowest BCUT2D eigenvalue weighted by atomic mass is 9.92. The molecule has 0 atom stereocenters. The van der Waals surface area contributed by atoms with E-state index in [1.165, 1.54) is 11.1 Å². The molecular formula is C15H16O. The van der Waals surface area contributed by atoms with Crippen LogP contribution in [0.15, 0.2) is 59.8 Å². The molecule has 0 amide bonds. The molecule has 0 bridgehead atoms. The van der Waals surface area contributed by atoms with Gasteiger partial charge in [0.05, 0.1) is 5.41 Å². The molecule has 0 aliphatic heterocycles. The third kappa shape index (κ3) is 2.13. The molecule has 0 spiro atoms. The van der Waals surface area contributed by atoms with Crippen LogP contribution in [0.5, 0.6) is 0 Å². The SMILES string of the molecule is CC1C=CC2=C(C=C1)C=CC(C)(C=O)C=C2. The predicted molar refractivity (Wildman–Crippen MR) is 66.9 cm³/mol. The maximum atomic E-state index is 11.0. The Bertz CT molecular complexity index is 410. The van der Waals surface area contributed by atoms with Crippen LogP contribution in [0.25, 0.3) is 0 Å². The Morgan fingerprint density at radius 3 is 2.00 bits per heavy atom. The Morgan fingerprint density at radius 2 is 1.56 bits per heavy atom. The molecule has 0 heterocycles. The smallest absolute Gasteiger partial charge is 0.133 e. The topological polar surface area (TPSA) is 17.1 Å². The monoisotopic (exact) mass is 212 g/mol. The lowest BCUT2D eigenvalue weighted by molar-refractivity contribution is -0.111. The van der Waals surface area contributed by atoms with Gasteiger partial charge >= 0.3 is 0 Å². The van der Waals surface area contributed by atoms with Crippen LogP contribution in [-0.4, -0.2) is 6.29 Å². The molecule has 2 aliphatic rings. The first-order chi connectivity index (χ1) is 7.63. The normalized spacial score (nSPS) is 22.9. The quantitative estimate of drug-likeness (QED) is 0.609. The third-order valence-electron chi connectivity index (χ3n) is 2.99. The van der Waals surface area contributed by atoms with Crippen LogP contribution in [0, 0.1) is 11.3 Å². The summed E-state index contributed by atoms with van der Waals surface area (Å²) in [6, 6.07) is 0. The van der Waals surface area contributed by atoms with Gasteiger partial charge in [0.1, 0.15) is 6.29 Å². The summed E-state index contributed by atoms with van der Waals surface area (Å²) in [7, 11) is 0. The molecule has 0 aromatic carbocycles. The molecule has 2 rings (SSSR count). The van der Waals surface area contributed by atoms with Gasteiger partial charge in [0.2, 0.25) is 0 Å². The van der Waals surface area contributed by atoms with Crippen LogP contribution in [0.1, 0.15) is 13.8 Å². The molecule has 0 radical (unpaired) electrons. The van der Waals surface area contributed by atoms with E-state index >= 15 is 0 Å². The second-order valence-corrected chi connectivity index (χ2v) is 4.64. The maximum Gasteiger partial charge on any atom is 0.133 e. The fraction of sp³-hybridized carbons (Fsp3) is 0.267. The largest absolute Gasteiger partial charge is 0.302 e. The molecular weight excluding hydrogens is 196 g/mol. The van der Waals surface area contributed by atoms with Gasteiger partial charge < -0.3 is 4.79 Å². The van der Waals surface area contributed by atoms with Gasteiger partial charge in [-0.25, -0.2) is 0 Å². The number of hydrogen-bond donors (Lipinski definition) is 0. The van der Waals surface area contributed by atoms with E-state index in [4.69, 9.17) is 0 Å². The number of carbonyl (C=O) groups excluding carboxylic acids is 1. The van der Waals surface area contributed by atoms with Crippen molar-refractivity contribution in [3.8, 4) is 0 Å². The van der Waals surface area contributed by atoms with Crippen molar-refractivity contribution in [1.82, 2.24) is 0 Å². The van der Waals surface area contributed by atoms with Crippen LogP contribution >= 0.6 is 0 Å². The summed E-state index contributed by atoms with van der Waals surface area (Å²) in [5.74, 6) is 0.464. The molecule has 0 N–H and O–H groups in total. The average molecular weight is 212 g/mol. The van der Waals surface area contributed by atoms with Crippen molar-refractivity contribution in [2.24, 2.45) is 11.3 Å². The highest BCUT2D eigenvalue weighted by atomic mass is 16.1. The first-order valence-electron chi connectivity index (χ1n) is 5.58. The Kier molecular flexibility index (Phi) is 2.78. The van der Waals surface area contributed by atoms with E-state index in [2.05, 4.69) is 31.2 Å². The summed E-state index contributed by atoms with van der Waals surface area (Å²) < 4.78 is 0. The van der Waals surface area contributed by atoms with Crippen molar-refractivity contribution in [1.29, 1.82) is 0 Å². The molecule has 0 saturated carbocycles. The first kappa shape index (κ1) is 10.9. The van der Waals surface area contributed by atoms with E-state index in [1.807, 2.05) is 31.2 Å². The second kappa shape index (κ2) is 4.09. The minimum atomic E-state index is -0.473. The van der Waals surface area contributed by atoms with Crippen LogP contribution in [0.3, 0.4) is 0 Å². The zero-order chi connectivity index (χ0) is 11.6. The Balaban J connectivity index is 2.42. The second-order valence-electron chi connectivity index (χ2n) is 4.64. The summed E-state index contributed by atoms with van der Waals surface area (Å²) >= 11 is 0. The van der Waals surface area contributed by atoms with Crippen molar-refractivity contribution in [3.05, 3.63) is 59.8 Å². The Labute approximate surface area is 96.6 Å². The van der Waals surface area contributed by atoms with Crippen LogP contribution in [0.2, 0.25) is 0 Å². The molecule has 16 heavy (non-hydrogen) atoms. The zero-order valence-corrected chi connectivity index (χ0v) is 9.68. The summed E-state index contributed by atoms with van der Waals surface area (Å²) in [6.07, 6.45) is 17.5. The van der Waals surface area contributed by atoms with Crippen molar-refractivity contribution in [3.63, 3.8) is 0 Å². The number of hydrogen-bond acceptors (Lipinski definition) is 1. The number of carbonyl (C=O) groups is 1. The molecule has 0 aromatic heterocycles. The summed E-state index contributed by atoms with van der Waals surface area (Å²) in [4.78, 5) is 11.0. The van der Waals surface area contributed by atoms with Gasteiger partial charge in [0, 0.05) is 0 Å². The van der Waals surface area contributed by atoms with E-state index in [0.29, 0.717) is 5.92 Å². The van der Waals surface area contributed by atoms with Crippen LogP contribution < -0.4 is 0 Å². The van der Waals surface area contributed by atoms with Crippen LogP contribution in [-0.2, 0) is 4.79 Å². The summed E-state index contributed by atoms with van der Waals surface area (Å²) in [5.41, 5.74) is 1.87. The van der Waals surface area contributed by atoms with Crippen molar-refractivity contribution < 1.29 is 4.79 Å². The zero-order valence-electron chi connectivity index (χ0n) is 9.68. The highest BCUT2D eigenvalue weighted by molar-refractivity contribution is 5.68. The van der Waals surface area contributed by atoms with E-state index in [1.54, 1.807) is 0 Å². The number of aldehydes is 1. The predicted octanol–water partition coefficient (Wildman–Crippen LogP) is 3.38. The van der Waals surface area contributed by atoms with Crippen molar-refractivity contribution in [2.45, 2.75) is 13.8 Å². The fourth-order valence-electron chi connectivity index (χ4n) is 1.74. The standard InChI is InChI=1S/C15H16O/c1-12-3-5-13-7-9-15(2,11-16)10-8-14(13)6-4-12/h3-12H,1-2H3. The molecule has 0 fully saturated rings. The molecule has 2 aliphatic carbocycles. The molecule has 1 nitrogen and oxygen atoms in total. The first-order valence-corrected chi connectivity index (χ1v) is 5.58. The molecule has 0 unspecified atom stereocenters. The number of allylic oxidation sites excluding steroid dienone is 10. The minimum absolute atomic E-state index is 0.464. The van der Waals surface area contributed by atoms with Gasteiger partial charge in [-0.15, -0.1) is 0 Å². The average Bonchev–Trinajstić information content (AvgIpc) is 2.55. The number of rotatable bonds is 1. The van der Waals surface area contributed by atoms with Gasteiger partial charge in [-0.1, -0.05) is 55.5 Å². The van der Waals surface area contributed by atoms with Gasteiger partial charge in [-0.3, -0.25) is 0 Å². The molecule has 1 heteroatoms. The molecule has 82 valence electrons. The minimum Gasteiger partial charge on any atom is -0.302 e. The maximum absolute atomic E-state index is 11.0. The van der Waals surface area contributed by atoms with Crippen LogP contribution in [0.4, 0.5) is 0 Å². The highest BCUT2D eigenvalue weighted by Gasteiger charge is 2.18. The Hall–Kier alpha value is -1.63. The lowest BCUT2D eigenvalue weighted by Crippen LogP contribution is -2.10. The molecule has 0 saturated heterocycles.